The summed E-state index contributed by atoms with van der Waals surface area (Å²) >= 11 is 0. The third kappa shape index (κ3) is 2.79. The number of carbonyl (C=O) groups excluding carboxylic acids is 1. The highest BCUT2D eigenvalue weighted by atomic mass is 28.3. The van der Waals surface area contributed by atoms with Crippen molar-refractivity contribution in [3.8, 4) is 5.75 Å². The van der Waals surface area contributed by atoms with Crippen LogP contribution in [0.25, 0.3) is 0 Å². The Morgan fingerprint density at radius 3 is 2.71 bits per heavy atom. The maximum absolute atomic E-state index is 13.2. The minimum Gasteiger partial charge on any atom is -0.547 e. The van der Waals surface area contributed by atoms with Gasteiger partial charge in [-0.2, -0.15) is 4.99 Å². The average molecular weight is 211 g/mol. The smallest absolute Gasteiger partial charge is 0.240 e. The van der Waals surface area contributed by atoms with Gasteiger partial charge in [-0.15, -0.1) is 0 Å². The maximum atomic E-state index is 13.2. The van der Waals surface area contributed by atoms with Gasteiger partial charge >= 0.3 is 0 Å². The standard InChI is InChI=1S/C9H10FNO2Si/c1-14(2)13-7-3-4-9(11-6-12)8(10)5-7/h3-5,14H,1-2H3. The first kappa shape index (κ1) is 10.6. The van der Waals surface area contributed by atoms with Crippen LogP contribution in [-0.4, -0.2) is 15.1 Å². The molecule has 0 fully saturated rings. The zero-order chi connectivity index (χ0) is 10.6. The third-order valence-corrected chi connectivity index (χ3v) is 2.20. The molecule has 0 unspecified atom stereocenters. The summed E-state index contributed by atoms with van der Waals surface area (Å²) in [7, 11) is -1.22. The van der Waals surface area contributed by atoms with Gasteiger partial charge < -0.3 is 4.43 Å². The van der Waals surface area contributed by atoms with Crippen LogP contribution in [0.15, 0.2) is 23.2 Å². The molecule has 0 aliphatic carbocycles. The summed E-state index contributed by atoms with van der Waals surface area (Å²) in [6, 6.07) is 4.21. The van der Waals surface area contributed by atoms with Crippen LogP contribution in [0.3, 0.4) is 0 Å². The molecule has 1 rings (SSSR count). The molecular weight excluding hydrogens is 201 g/mol. The number of nitrogens with zero attached hydrogens (tertiary/aromatic N) is 1. The highest BCUT2D eigenvalue weighted by Gasteiger charge is 2.04. The van der Waals surface area contributed by atoms with E-state index >= 15 is 0 Å². The van der Waals surface area contributed by atoms with E-state index in [1.807, 2.05) is 13.1 Å². The molecule has 0 saturated heterocycles. The van der Waals surface area contributed by atoms with Crippen molar-refractivity contribution in [3.05, 3.63) is 24.0 Å². The lowest BCUT2D eigenvalue weighted by molar-refractivity contribution is 0.559. The molecule has 0 bridgehead atoms. The zero-order valence-corrected chi connectivity index (χ0v) is 9.11. The van der Waals surface area contributed by atoms with Crippen molar-refractivity contribution in [2.45, 2.75) is 13.1 Å². The van der Waals surface area contributed by atoms with Gasteiger partial charge in [-0.3, -0.25) is 0 Å². The Labute approximate surface area is 83.0 Å². The summed E-state index contributed by atoms with van der Waals surface area (Å²) in [5.74, 6) is -0.0884. The fraction of sp³-hybridized carbons (Fsp3) is 0.222. The molecule has 0 spiro atoms. The second-order valence-electron chi connectivity index (χ2n) is 2.98. The lowest BCUT2D eigenvalue weighted by Crippen LogP contribution is -2.11. The number of rotatable bonds is 3. The summed E-state index contributed by atoms with van der Waals surface area (Å²) in [5, 5.41) is 0. The first-order chi connectivity index (χ1) is 6.63. The van der Waals surface area contributed by atoms with Gasteiger partial charge in [0, 0.05) is 6.07 Å². The molecule has 0 amide bonds. The molecule has 0 aliphatic heterocycles. The normalized spacial score (nSPS) is 9.71. The minimum atomic E-state index is -1.22. The van der Waals surface area contributed by atoms with Crippen molar-refractivity contribution in [1.29, 1.82) is 0 Å². The third-order valence-electron chi connectivity index (χ3n) is 1.46. The number of benzene rings is 1. The van der Waals surface area contributed by atoms with Crippen LogP contribution in [0.2, 0.25) is 13.1 Å². The number of aliphatic imine (C=N–C) groups is 1. The van der Waals surface area contributed by atoms with E-state index in [0.717, 1.165) is 0 Å². The Bertz CT molecular complexity index is 375. The molecule has 0 radical (unpaired) electrons. The van der Waals surface area contributed by atoms with Gasteiger partial charge in [-0.25, -0.2) is 9.18 Å². The Morgan fingerprint density at radius 2 is 2.21 bits per heavy atom. The van der Waals surface area contributed by atoms with Gasteiger partial charge in [0.25, 0.3) is 0 Å². The van der Waals surface area contributed by atoms with E-state index in [0.29, 0.717) is 5.75 Å². The van der Waals surface area contributed by atoms with Gasteiger partial charge in [0.15, 0.2) is 5.82 Å². The number of isocyanates is 1. The van der Waals surface area contributed by atoms with Crippen LogP contribution in [-0.2, 0) is 4.79 Å². The van der Waals surface area contributed by atoms with E-state index in [2.05, 4.69) is 4.99 Å². The lowest BCUT2D eigenvalue weighted by atomic mass is 10.3. The Hall–Kier alpha value is -1.45. The van der Waals surface area contributed by atoms with E-state index < -0.39 is 14.9 Å². The van der Waals surface area contributed by atoms with Crippen LogP contribution in [0, 0.1) is 5.82 Å². The van der Waals surface area contributed by atoms with Gasteiger partial charge in [0.2, 0.25) is 15.1 Å². The molecule has 0 atom stereocenters. The van der Waals surface area contributed by atoms with Crippen molar-refractivity contribution in [3.63, 3.8) is 0 Å². The minimum absolute atomic E-state index is 0.0160. The van der Waals surface area contributed by atoms with Crippen LogP contribution >= 0.6 is 0 Å². The second-order valence-corrected chi connectivity index (χ2v) is 5.32. The predicted molar refractivity (Wildman–Crippen MR) is 53.7 cm³/mol. The summed E-state index contributed by atoms with van der Waals surface area (Å²) in [6.45, 7) is 3.96. The summed E-state index contributed by atoms with van der Waals surface area (Å²) in [5.41, 5.74) is -0.0160. The molecule has 0 aliphatic rings. The van der Waals surface area contributed by atoms with Crippen molar-refractivity contribution >= 4 is 20.8 Å². The second kappa shape index (κ2) is 4.69. The quantitative estimate of drug-likeness (QED) is 0.436. The maximum Gasteiger partial charge on any atom is 0.240 e. The molecule has 0 aromatic heterocycles. The van der Waals surface area contributed by atoms with Crippen molar-refractivity contribution in [1.82, 2.24) is 0 Å². The lowest BCUT2D eigenvalue weighted by Gasteiger charge is -2.08. The SMILES string of the molecule is C[SiH](C)Oc1ccc(N=C=O)c(F)c1. The van der Waals surface area contributed by atoms with Gasteiger partial charge in [0.05, 0.1) is 0 Å². The van der Waals surface area contributed by atoms with Gasteiger partial charge in [-0.05, 0) is 25.2 Å². The van der Waals surface area contributed by atoms with Crippen molar-refractivity contribution < 1.29 is 13.6 Å². The monoisotopic (exact) mass is 211 g/mol. The van der Waals surface area contributed by atoms with E-state index in [4.69, 9.17) is 4.43 Å². The van der Waals surface area contributed by atoms with Crippen LogP contribution in [0.1, 0.15) is 0 Å². The Kier molecular flexibility index (Phi) is 3.56. The molecule has 1 aromatic rings. The summed E-state index contributed by atoms with van der Waals surface area (Å²) in [4.78, 5) is 13.1. The Balaban J connectivity index is 2.94. The van der Waals surface area contributed by atoms with E-state index in [9.17, 15) is 9.18 Å². The first-order valence-electron chi connectivity index (χ1n) is 4.17. The molecule has 1 aromatic carbocycles. The number of halogens is 1. The average Bonchev–Trinajstić information content (AvgIpc) is 2.09. The highest BCUT2D eigenvalue weighted by Crippen LogP contribution is 2.22. The van der Waals surface area contributed by atoms with Crippen LogP contribution < -0.4 is 4.43 Å². The molecular formula is C9H10FNO2Si. The molecule has 5 heteroatoms. The fourth-order valence-electron chi connectivity index (χ4n) is 0.973. The van der Waals surface area contributed by atoms with Gasteiger partial charge in [-0.1, -0.05) is 0 Å². The van der Waals surface area contributed by atoms with E-state index in [-0.39, 0.29) is 5.69 Å². The largest absolute Gasteiger partial charge is 0.547 e. The zero-order valence-electron chi connectivity index (χ0n) is 7.95. The molecule has 3 nitrogen and oxygen atoms in total. The molecule has 74 valence electrons. The topological polar surface area (TPSA) is 38.7 Å². The number of hydrogen-bond donors (Lipinski definition) is 0. The van der Waals surface area contributed by atoms with Gasteiger partial charge in [0.1, 0.15) is 11.4 Å². The molecule has 0 saturated carbocycles. The molecule has 14 heavy (non-hydrogen) atoms. The fourth-order valence-corrected chi connectivity index (χ4v) is 1.66. The Morgan fingerprint density at radius 1 is 1.50 bits per heavy atom. The molecule has 0 N–H and O–H groups in total. The molecule has 0 heterocycles. The van der Waals surface area contributed by atoms with Crippen molar-refractivity contribution in [2.24, 2.45) is 4.99 Å². The summed E-state index contributed by atoms with van der Waals surface area (Å²) in [6.07, 6.45) is 1.29. The van der Waals surface area contributed by atoms with Crippen LogP contribution in [0.5, 0.6) is 5.75 Å². The highest BCUT2D eigenvalue weighted by molar-refractivity contribution is 6.49. The van der Waals surface area contributed by atoms with E-state index in [1.54, 1.807) is 6.07 Å². The van der Waals surface area contributed by atoms with Crippen molar-refractivity contribution in [2.75, 3.05) is 0 Å². The summed E-state index contributed by atoms with van der Waals surface area (Å²) < 4.78 is 18.5. The van der Waals surface area contributed by atoms with Crippen LogP contribution in [0.4, 0.5) is 10.1 Å². The predicted octanol–water partition coefficient (Wildman–Crippen LogP) is 2.16. The first-order valence-corrected chi connectivity index (χ1v) is 6.95. The number of hydrogen-bond acceptors (Lipinski definition) is 3. The van der Waals surface area contributed by atoms with E-state index in [1.165, 1.54) is 18.2 Å².